The number of hydrogen-bond acceptors (Lipinski definition) is 4. The van der Waals surface area contributed by atoms with Crippen LogP contribution in [-0.2, 0) is 9.84 Å². The lowest BCUT2D eigenvalue weighted by Gasteiger charge is -2.09. The lowest BCUT2D eigenvalue weighted by molar-refractivity contribution is 0.101. The molecule has 0 bridgehead atoms. The minimum Gasteiger partial charge on any atom is -0.492 e. The van der Waals surface area contributed by atoms with Gasteiger partial charge in [0.05, 0.1) is 11.3 Å². The maximum atomic E-state index is 13.0. The number of sulfone groups is 1. The van der Waals surface area contributed by atoms with E-state index in [9.17, 15) is 17.6 Å². The van der Waals surface area contributed by atoms with Gasteiger partial charge in [0.25, 0.3) is 0 Å². The minimum absolute atomic E-state index is 0.0410. The Balaban J connectivity index is 2.77. The molecule has 0 saturated carbocycles. The third-order valence-corrected chi connectivity index (χ3v) is 4.08. The highest BCUT2D eigenvalue weighted by Gasteiger charge is 2.12. The third kappa shape index (κ3) is 4.10. The van der Waals surface area contributed by atoms with Gasteiger partial charge < -0.3 is 4.74 Å². The summed E-state index contributed by atoms with van der Waals surface area (Å²) in [4.78, 5) is 11.3. The summed E-state index contributed by atoms with van der Waals surface area (Å²) in [5.74, 6) is -0.746. The number of ketones is 1. The molecule has 0 unspecified atom stereocenters. The van der Waals surface area contributed by atoms with Gasteiger partial charge in [0.15, 0.2) is 15.6 Å². The van der Waals surface area contributed by atoms with E-state index < -0.39 is 15.7 Å². The number of benzene rings is 1. The smallest absolute Gasteiger partial charge is 0.163 e. The molecule has 100 valence electrons. The van der Waals surface area contributed by atoms with E-state index in [0.717, 1.165) is 12.1 Å². The highest BCUT2D eigenvalue weighted by molar-refractivity contribution is 7.91. The van der Waals surface area contributed by atoms with Crippen molar-refractivity contribution in [3.63, 3.8) is 0 Å². The molecule has 0 saturated heterocycles. The van der Waals surface area contributed by atoms with Crippen molar-refractivity contribution in [2.45, 2.75) is 13.8 Å². The van der Waals surface area contributed by atoms with E-state index in [2.05, 4.69) is 0 Å². The van der Waals surface area contributed by atoms with Gasteiger partial charge in [-0.25, -0.2) is 12.8 Å². The van der Waals surface area contributed by atoms with Crippen molar-refractivity contribution in [2.24, 2.45) is 0 Å². The van der Waals surface area contributed by atoms with Crippen LogP contribution in [0.1, 0.15) is 24.2 Å². The average Bonchev–Trinajstić information content (AvgIpc) is 2.30. The molecule has 6 heteroatoms. The standard InChI is InChI=1S/C12H15FO4S/c1-3-18(15,16)7-6-17-12-5-4-10(13)8-11(12)9(2)14/h4-5,8H,3,6-7H2,1-2H3. The van der Waals surface area contributed by atoms with Crippen LogP contribution in [0.4, 0.5) is 4.39 Å². The molecule has 0 radical (unpaired) electrons. The van der Waals surface area contributed by atoms with Gasteiger partial charge in [0.1, 0.15) is 18.2 Å². The van der Waals surface area contributed by atoms with Crippen molar-refractivity contribution >= 4 is 15.6 Å². The van der Waals surface area contributed by atoms with E-state index in [4.69, 9.17) is 4.74 Å². The summed E-state index contributed by atoms with van der Waals surface area (Å²) in [5, 5.41) is 0. The average molecular weight is 274 g/mol. The Hall–Kier alpha value is -1.43. The number of ether oxygens (including phenoxy) is 1. The number of Topliss-reactive ketones (excluding diaryl/α,β-unsaturated/α-hetero) is 1. The summed E-state index contributed by atoms with van der Waals surface area (Å²) in [6.45, 7) is 2.79. The second kappa shape index (κ2) is 5.95. The molecule has 1 aromatic carbocycles. The number of carbonyl (C=O) groups excluding carboxylic acids is 1. The van der Waals surface area contributed by atoms with Crippen LogP contribution in [0.2, 0.25) is 0 Å². The first kappa shape index (κ1) is 14.6. The maximum Gasteiger partial charge on any atom is 0.163 e. The topological polar surface area (TPSA) is 60.4 Å². The van der Waals surface area contributed by atoms with Crippen LogP contribution in [0.25, 0.3) is 0 Å². The molecule has 0 aliphatic rings. The van der Waals surface area contributed by atoms with E-state index in [-0.39, 0.29) is 35.2 Å². The molecule has 0 aliphatic carbocycles. The Morgan fingerprint density at radius 2 is 2.06 bits per heavy atom. The lowest BCUT2D eigenvalue weighted by Crippen LogP contribution is -2.16. The van der Waals surface area contributed by atoms with Crippen molar-refractivity contribution < 1.29 is 22.3 Å². The normalized spacial score (nSPS) is 11.3. The Kier molecular flexibility index (Phi) is 4.84. The van der Waals surface area contributed by atoms with Gasteiger partial charge in [-0.15, -0.1) is 0 Å². The predicted octanol–water partition coefficient (Wildman–Crippen LogP) is 1.84. The molecule has 0 heterocycles. The summed E-state index contributed by atoms with van der Waals surface area (Å²) in [6.07, 6.45) is 0. The molecule has 0 fully saturated rings. The Bertz CT molecular complexity index is 537. The van der Waals surface area contributed by atoms with E-state index in [1.54, 1.807) is 6.92 Å². The Morgan fingerprint density at radius 3 is 2.61 bits per heavy atom. The van der Waals surface area contributed by atoms with Gasteiger partial charge in [-0.05, 0) is 25.1 Å². The van der Waals surface area contributed by atoms with Crippen LogP contribution in [0, 0.1) is 5.82 Å². The minimum atomic E-state index is -3.11. The fourth-order valence-electron chi connectivity index (χ4n) is 1.33. The summed E-state index contributed by atoms with van der Waals surface area (Å²) >= 11 is 0. The molecule has 0 aliphatic heterocycles. The monoisotopic (exact) mass is 274 g/mol. The molecule has 1 aromatic rings. The lowest BCUT2D eigenvalue weighted by atomic mass is 10.1. The molecular weight excluding hydrogens is 259 g/mol. The molecule has 0 aromatic heterocycles. The first-order valence-electron chi connectivity index (χ1n) is 5.49. The summed E-state index contributed by atoms with van der Waals surface area (Å²) < 4.78 is 40.7. The molecule has 1 rings (SSSR count). The summed E-state index contributed by atoms with van der Waals surface area (Å²) in [5.41, 5.74) is 0.115. The van der Waals surface area contributed by atoms with Gasteiger partial charge in [0, 0.05) is 5.75 Å². The van der Waals surface area contributed by atoms with Crippen molar-refractivity contribution in [3.05, 3.63) is 29.6 Å². The zero-order valence-corrected chi connectivity index (χ0v) is 11.1. The van der Waals surface area contributed by atoms with Crippen molar-refractivity contribution in [1.82, 2.24) is 0 Å². The van der Waals surface area contributed by atoms with E-state index in [0.29, 0.717) is 0 Å². The van der Waals surface area contributed by atoms with E-state index >= 15 is 0 Å². The first-order chi connectivity index (χ1) is 8.35. The van der Waals surface area contributed by atoms with Crippen LogP contribution in [0.5, 0.6) is 5.75 Å². The molecular formula is C12H15FO4S. The largest absolute Gasteiger partial charge is 0.492 e. The third-order valence-electron chi connectivity index (χ3n) is 2.41. The van der Waals surface area contributed by atoms with Gasteiger partial charge in [-0.3, -0.25) is 4.79 Å². The van der Waals surface area contributed by atoms with Crippen LogP contribution in [0.15, 0.2) is 18.2 Å². The number of halogens is 1. The van der Waals surface area contributed by atoms with Gasteiger partial charge in [-0.1, -0.05) is 6.92 Å². The van der Waals surface area contributed by atoms with Gasteiger partial charge >= 0.3 is 0 Å². The second-order valence-electron chi connectivity index (χ2n) is 3.78. The van der Waals surface area contributed by atoms with Crippen molar-refractivity contribution in [2.75, 3.05) is 18.1 Å². The summed E-state index contributed by atoms with van der Waals surface area (Å²) in [6, 6.07) is 3.56. The number of hydrogen-bond donors (Lipinski definition) is 0. The highest BCUT2D eigenvalue weighted by Crippen LogP contribution is 2.20. The fourth-order valence-corrected chi connectivity index (χ4v) is 1.95. The fraction of sp³-hybridized carbons (Fsp3) is 0.417. The van der Waals surface area contributed by atoms with E-state index in [1.807, 2.05) is 0 Å². The van der Waals surface area contributed by atoms with Gasteiger partial charge in [0.2, 0.25) is 0 Å². The number of rotatable bonds is 6. The quantitative estimate of drug-likeness (QED) is 0.743. The number of carbonyl (C=O) groups is 1. The Labute approximate surface area is 106 Å². The zero-order chi connectivity index (χ0) is 13.8. The molecule has 0 atom stereocenters. The Morgan fingerprint density at radius 1 is 1.39 bits per heavy atom. The second-order valence-corrected chi connectivity index (χ2v) is 6.25. The first-order valence-corrected chi connectivity index (χ1v) is 7.31. The van der Waals surface area contributed by atoms with E-state index in [1.165, 1.54) is 13.0 Å². The van der Waals surface area contributed by atoms with Crippen LogP contribution in [0.3, 0.4) is 0 Å². The van der Waals surface area contributed by atoms with Crippen LogP contribution >= 0.6 is 0 Å². The molecule has 0 N–H and O–H groups in total. The van der Waals surface area contributed by atoms with Gasteiger partial charge in [-0.2, -0.15) is 0 Å². The molecule has 0 spiro atoms. The SMILES string of the molecule is CCS(=O)(=O)CCOc1ccc(F)cc1C(C)=O. The maximum absolute atomic E-state index is 13.0. The molecule has 18 heavy (non-hydrogen) atoms. The van der Waals surface area contributed by atoms with Crippen LogP contribution < -0.4 is 4.74 Å². The van der Waals surface area contributed by atoms with Crippen molar-refractivity contribution in [1.29, 1.82) is 0 Å². The van der Waals surface area contributed by atoms with Crippen LogP contribution in [-0.4, -0.2) is 32.3 Å². The predicted molar refractivity (Wildman–Crippen MR) is 66.2 cm³/mol. The summed E-state index contributed by atoms with van der Waals surface area (Å²) in [7, 11) is -3.11. The zero-order valence-electron chi connectivity index (χ0n) is 10.3. The highest BCUT2D eigenvalue weighted by atomic mass is 32.2. The molecule has 0 amide bonds. The van der Waals surface area contributed by atoms with Crippen molar-refractivity contribution in [3.8, 4) is 5.75 Å². The molecule has 4 nitrogen and oxygen atoms in total.